The van der Waals surface area contributed by atoms with Crippen molar-refractivity contribution in [1.82, 2.24) is 5.32 Å². The lowest BCUT2D eigenvalue weighted by Gasteiger charge is -2.33. The monoisotopic (exact) mass is 263 g/mol. The third-order valence-electron chi connectivity index (χ3n) is 3.80. The molecule has 0 aromatic rings. The molecule has 0 aromatic carbocycles. The van der Waals surface area contributed by atoms with Gasteiger partial charge in [0.1, 0.15) is 0 Å². The largest absolute Gasteiger partial charge is 0.390 e. The van der Waals surface area contributed by atoms with E-state index in [0.29, 0.717) is 6.54 Å². The highest BCUT2D eigenvalue weighted by molar-refractivity contribution is 7.91. The summed E-state index contributed by atoms with van der Waals surface area (Å²) < 4.78 is 22.6. The van der Waals surface area contributed by atoms with Gasteiger partial charge in [0.2, 0.25) is 0 Å². The first kappa shape index (κ1) is 13.3. The van der Waals surface area contributed by atoms with Crippen LogP contribution in [-0.4, -0.2) is 54.4 Å². The van der Waals surface area contributed by atoms with Crippen molar-refractivity contribution in [2.45, 2.75) is 49.9 Å². The molecule has 0 aromatic heterocycles. The third-order valence-corrected chi connectivity index (χ3v) is 5.52. The van der Waals surface area contributed by atoms with E-state index >= 15 is 0 Å². The smallest absolute Gasteiger partial charge is 0.154 e. The number of hydrogen-bond donors (Lipinski definition) is 3. The van der Waals surface area contributed by atoms with E-state index in [-0.39, 0.29) is 11.5 Å². The van der Waals surface area contributed by atoms with Crippen LogP contribution in [0, 0.1) is 0 Å². The van der Waals surface area contributed by atoms with Crippen molar-refractivity contribution in [1.29, 1.82) is 0 Å². The lowest BCUT2D eigenvalue weighted by Crippen LogP contribution is -2.49. The van der Waals surface area contributed by atoms with E-state index in [1.165, 1.54) is 0 Å². The summed E-state index contributed by atoms with van der Waals surface area (Å²) in [7, 11) is -3.11. The fraction of sp³-hybridized carbons (Fsp3) is 1.00. The van der Waals surface area contributed by atoms with Gasteiger partial charge in [0.15, 0.2) is 9.84 Å². The Morgan fingerprint density at radius 2 is 1.82 bits per heavy atom. The van der Waals surface area contributed by atoms with Gasteiger partial charge in [0.25, 0.3) is 0 Å². The van der Waals surface area contributed by atoms with Gasteiger partial charge in [0.05, 0.1) is 23.2 Å². The van der Waals surface area contributed by atoms with Crippen LogP contribution in [0.3, 0.4) is 0 Å². The molecule has 2 fully saturated rings. The average Bonchev–Trinajstić information content (AvgIpc) is 2.50. The molecule has 17 heavy (non-hydrogen) atoms. The topological polar surface area (TPSA) is 86.6 Å². The van der Waals surface area contributed by atoms with Gasteiger partial charge in [0, 0.05) is 12.6 Å². The van der Waals surface area contributed by atoms with Crippen LogP contribution in [0.25, 0.3) is 0 Å². The van der Waals surface area contributed by atoms with E-state index in [0.717, 1.165) is 32.1 Å². The Morgan fingerprint density at radius 1 is 1.18 bits per heavy atom. The SMILES string of the molecule is O=S1(=O)CC(O)C(NCC2(O)CCCCC2)C1. The minimum atomic E-state index is -3.11. The van der Waals surface area contributed by atoms with E-state index < -0.39 is 27.6 Å². The molecule has 2 rings (SSSR count). The molecule has 1 aliphatic heterocycles. The van der Waals surface area contributed by atoms with Crippen molar-refractivity contribution in [2.75, 3.05) is 18.1 Å². The maximum atomic E-state index is 11.3. The van der Waals surface area contributed by atoms with E-state index in [9.17, 15) is 18.6 Å². The van der Waals surface area contributed by atoms with Crippen LogP contribution in [-0.2, 0) is 9.84 Å². The molecular formula is C11H21NO4S. The molecule has 1 aliphatic carbocycles. The van der Waals surface area contributed by atoms with Crippen molar-refractivity contribution in [3.8, 4) is 0 Å². The second-order valence-corrected chi connectivity index (χ2v) is 7.57. The molecule has 0 amide bonds. The summed E-state index contributed by atoms with van der Waals surface area (Å²) in [6.07, 6.45) is 3.87. The molecule has 0 bridgehead atoms. The molecule has 2 atom stereocenters. The van der Waals surface area contributed by atoms with Crippen LogP contribution in [0.4, 0.5) is 0 Å². The summed E-state index contributed by atoms with van der Waals surface area (Å²) >= 11 is 0. The molecular weight excluding hydrogens is 242 g/mol. The van der Waals surface area contributed by atoms with Gasteiger partial charge >= 0.3 is 0 Å². The maximum absolute atomic E-state index is 11.3. The zero-order valence-corrected chi connectivity index (χ0v) is 10.7. The fourth-order valence-electron chi connectivity index (χ4n) is 2.73. The summed E-state index contributed by atoms with van der Waals surface area (Å²) in [5, 5.41) is 22.9. The van der Waals surface area contributed by atoms with Crippen molar-refractivity contribution in [3.63, 3.8) is 0 Å². The van der Waals surface area contributed by atoms with E-state index in [4.69, 9.17) is 0 Å². The molecule has 5 nitrogen and oxygen atoms in total. The quantitative estimate of drug-likeness (QED) is 0.635. The Labute approximate surface area is 102 Å². The molecule has 6 heteroatoms. The fourth-order valence-corrected chi connectivity index (χ4v) is 4.51. The summed E-state index contributed by atoms with van der Waals surface area (Å²) in [6.45, 7) is 0.379. The first-order valence-corrected chi connectivity index (χ1v) is 8.07. The minimum Gasteiger partial charge on any atom is -0.390 e. The highest BCUT2D eigenvalue weighted by Gasteiger charge is 2.38. The van der Waals surface area contributed by atoms with Crippen molar-refractivity contribution in [3.05, 3.63) is 0 Å². The lowest BCUT2D eigenvalue weighted by molar-refractivity contribution is -0.0000871. The van der Waals surface area contributed by atoms with Gasteiger partial charge in [-0.1, -0.05) is 19.3 Å². The summed E-state index contributed by atoms with van der Waals surface area (Å²) in [6, 6.07) is -0.425. The molecule has 100 valence electrons. The Morgan fingerprint density at radius 3 is 2.35 bits per heavy atom. The highest BCUT2D eigenvalue weighted by Crippen LogP contribution is 2.27. The number of nitrogens with one attached hydrogen (secondary N) is 1. The van der Waals surface area contributed by atoms with Crippen molar-refractivity contribution in [2.24, 2.45) is 0 Å². The molecule has 2 aliphatic rings. The Balaban J connectivity index is 1.86. The highest BCUT2D eigenvalue weighted by atomic mass is 32.2. The Hall–Kier alpha value is -0.170. The molecule has 1 saturated carbocycles. The van der Waals surface area contributed by atoms with E-state index in [1.54, 1.807) is 0 Å². The van der Waals surface area contributed by atoms with Gasteiger partial charge in [-0.2, -0.15) is 0 Å². The van der Waals surface area contributed by atoms with Crippen molar-refractivity contribution < 1.29 is 18.6 Å². The standard InChI is InChI=1S/C11H21NO4S/c13-10-7-17(15,16)6-9(10)12-8-11(14)4-2-1-3-5-11/h9-10,12-14H,1-8H2. The summed E-state index contributed by atoms with van der Waals surface area (Å²) in [5.41, 5.74) is -0.718. The molecule has 2 unspecified atom stereocenters. The minimum absolute atomic E-state index is 0.0236. The number of hydrogen-bond acceptors (Lipinski definition) is 5. The molecule has 0 spiro atoms. The van der Waals surface area contributed by atoms with Gasteiger partial charge in [-0.25, -0.2) is 8.42 Å². The summed E-state index contributed by atoms with van der Waals surface area (Å²) in [4.78, 5) is 0. The molecule has 3 N–H and O–H groups in total. The first-order valence-electron chi connectivity index (χ1n) is 6.25. The first-order chi connectivity index (χ1) is 7.90. The lowest BCUT2D eigenvalue weighted by atomic mass is 9.84. The zero-order chi connectivity index (χ0) is 12.5. The molecule has 1 heterocycles. The van der Waals surface area contributed by atoms with Crippen LogP contribution in [0.1, 0.15) is 32.1 Å². The Bertz CT molecular complexity index is 362. The van der Waals surface area contributed by atoms with Crippen LogP contribution >= 0.6 is 0 Å². The van der Waals surface area contributed by atoms with Gasteiger partial charge < -0.3 is 15.5 Å². The van der Waals surface area contributed by atoms with Gasteiger partial charge in [-0.15, -0.1) is 0 Å². The normalized spacial score (nSPS) is 35.9. The number of sulfone groups is 1. The number of rotatable bonds is 3. The second-order valence-electron chi connectivity index (χ2n) is 5.42. The predicted octanol–water partition coefficient (Wildman–Crippen LogP) is -0.571. The summed E-state index contributed by atoms with van der Waals surface area (Å²) in [5.74, 6) is -0.187. The third kappa shape index (κ3) is 3.40. The van der Waals surface area contributed by atoms with Crippen LogP contribution < -0.4 is 5.32 Å². The zero-order valence-electron chi connectivity index (χ0n) is 9.93. The predicted molar refractivity (Wildman–Crippen MR) is 64.5 cm³/mol. The van der Waals surface area contributed by atoms with E-state index in [2.05, 4.69) is 5.32 Å². The average molecular weight is 263 g/mol. The van der Waals surface area contributed by atoms with E-state index in [1.807, 2.05) is 0 Å². The van der Waals surface area contributed by atoms with Crippen LogP contribution in [0.2, 0.25) is 0 Å². The van der Waals surface area contributed by atoms with Gasteiger partial charge in [-0.3, -0.25) is 0 Å². The Kier molecular flexibility index (Phi) is 3.77. The number of aliphatic hydroxyl groups is 2. The maximum Gasteiger partial charge on any atom is 0.154 e. The van der Waals surface area contributed by atoms with Crippen molar-refractivity contribution >= 4 is 9.84 Å². The van der Waals surface area contributed by atoms with Gasteiger partial charge in [-0.05, 0) is 12.8 Å². The van der Waals surface area contributed by atoms with Crippen LogP contribution in [0.5, 0.6) is 0 Å². The second kappa shape index (κ2) is 4.84. The molecule has 0 radical (unpaired) electrons. The number of aliphatic hydroxyl groups excluding tert-OH is 1. The van der Waals surface area contributed by atoms with Crippen LogP contribution in [0.15, 0.2) is 0 Å². The molecule has 1 saturated heterocycles.